The van der Waals surface area contributed by atoms with E-state index in [-0.39, 0.29) is 23.0 Å². The molecule has 2 aromatic rings. The van der Waals surface area contributed by atoms with E-state index in [1.54, 1.807) is 40.9 Å². The van der Waals surface area contributed by atoms with Crippen molar-refractivity contribution in [2.45, 2.75) is 37.5 Å². The molecule has 2 aliphatic rings. The van der Waals surface area contributed by atoms with Gasteiger partial charge in [-0.05, 0) is 48.3 Å². The first-order valence-electron chi connectivity index (χ1n) is 11.1. The zero-order chi connectivity index (χ0) is 24.6. The van der Waals surface area contributed by atoms with Crippen LogP contribution < -0.4 is 5.32 Å². The first kappa shape index (κ1) is 26.1. The van der Waals surface area contributed by atoms with E-state index < -0.39 is 5.66 Å². The van der Waals surface area contributed by atoms with Crippen molar-refractivity contribution in [2.75, 3.05) is 25.1 Å². The predicted molar refractivity (Wildman–Crippen MR) is 136 cm³/mol. The molecule has 0 aromatic heterocycles. The molecule has 0 bridgehead atoms. The monoisotopic (exact) mass is 500 g/mol. The summed E-state index contributed by atoms with van der Waals surface area (Å²) < 4.78 is 13.2. The van der Waals surface area contributed by atoms with Gasteiger partial charge in [0, 0.05) is 32.5 Å². The number of thioether (sulfide) groups is 1. The van der Waals surface area contributed by atoms with E-state index >= 15 is 0 Å². The number of nitrogens with zero attached hydrogens (tertiary/aromatic N) is 3. The molecule has 6 nitrogen and oxygen atoms in total. The van der Waals surface area contributed by atoms with Crippen LogP contribution in [0.5, 0.6) is 0 Å². The Labute approximate surface area is 209 Å². The highest BCUT2D eigenvalue weighted by Crippen LogP contribution is 2.35. The Balaban J connectivity index is 0.000000343. The summed E-state index contributed by atoms with van der Waals surface area (Å²) in [6, 6.07) is 17.2. The van der Waals surface area contributed by atoms with Crippen molar-refractivity contribution >= 4 is 35.5 Å². The van der Waals surface area contributed by atoms with Gasteiger partial charge in [-0.1, -0.05) is 43.0 Å². The van der Waals surface area contributed by atoms with Crippen molar-refractivity contribution in [1.82, 2.24) is 15.1 Å². The maximum Gasteiger partial charge on any atom is 0.278 e. The third kappa shape index (κ3) is 6.53. The largest absolute Gasteiger partial charge is 0.334 e. The van der Waals surface area contributed by atoms with E-state index in [0.29, 0.717) is 38.0 Å². The molecule has 2 fully saturated rings. The van der Waals surface area contributed by atoms with Gasteiger partial charge in [0.2, 0.25) is 5.91 Å². The number of rotatable bonds is 5. The molecule has 2 heterocycles. The van der Waals surface area contributed by atoms with Crippen LogP contribution in [0.3, 0.4) is 0 Å². The van der Waals surface area contributed by atoms with Crippen LogP contribution in [0, 0.1) is 17.1 Å². The zero-order valence-corrected chi connectivity index (χ0v) is 20.8. The average molecular weight is 501 g/mol. The molecule has 34 heavy (non-hydrogen) atoms. The summed E-state index contributed by atoms with van der Waals surface area (Å²) in [7, 11) is 0. The van der Waals surface area contributed by atoms with Gasteiger partial charge in [-0.15, -0.1) is 0 Å². The van der Waals surface area contributed by atoms with Gasteiger partial charge in [0.25, 0.3) is 5.24 Å². The molecular formula is C25H29FN4O2S2. The van der Waals surface area contributed by atoms with E-state index in [0.717, 1.165) is 17.7 Å². The van der Waals surface area contributed by atoms with Gasteiger partial charge in [0.1, 0.15) is 5.82 Å². The van der Waals surface area contributed by atoms with Crippen molar-refractivity contribution in [2.24, 2.45) is 0 Å². The van der Waals surface area contributed by atoms with Crippen LogP contribution >= 0.6 is 24.4 Å². The summed E-state index contributed by atoms with van der Waals surface area (Å²) in [4.78, 5) is 28.2. The fourth-order valence-electron chi connectivity index (χ4n) is 4.29. The molecule has 0 saturated carbocycles. The number of hydrogen-bond acceptors (Lipinski definition) is 5. The van der Waals surface area contributed by atoms with Crippen LogP contribution in [-0.4, -0.2) is 57.7 Å². The smallest absolute Gasteiger partial charge is 0.278 e. The van der Waals surface area contributed by atoms with E-state index in [2.05, 4.69) is 17.9 Å². The topological polar surface area (TPSA) is 76.4 Å². The van der Waals surface area contributed by atoms with E-state index in [4.69, 9.17) is 5.26 Å². The van der Waals surface area contributed by atoms with Gasteiger partial charge in [-0.2, -0.15) is 17.0 Å². The van der Waals surface area contributed by atoms with Crippen LogP contribution in [0.4, 0.5) is 9.18 Å². The second-order valence-corrected chi connectivity index (χ2v) is 9.68. The van der Waals surface area contributed by atoms with Crippen LogP contribution in [-0.2, 0) is 11.3 Å². The van der Waals surface area contributed by atoms with Crippen molar-refractivity contribution in [3.8, 4) is 6.07 Å². The minimum atomic E-state index is -0.450. The summed E-state index contributed by atoms with van der Waals surface area (Å²) in [6.45, 7) is 1.58. The summed E-state index contributed by atoms with van der Waals surface area (Å²) in [5, 5.41) is 11.6. The van der Waals surface area contributed by atoms with Crippen molar-refractivity contribution in [3.63, 3.8) is 0 Å². The summed E-state index contributed by atoms with van der Waals surface area (Å²) in [6.07, 6.45) is 4.14. The summed E-state index contributed by atoms with van der Waals surface area (Å²) in [5.74, 6) is 0.715. The van der Waals surface area contributed by atoms with Gasteiger partial charge >= 0.3 is 0 Å². The van der Waals surface area contributed by atoms with E-state index in [1.807, 2.05) is 35.4 Å². The predicted octanol–water partition coefficient (Wildman–Crippen LogP) is 4.28. The van der Waals surface area contributed by atoms with E-state index in [9.17, 15) is 14.0 Å². The molecule has 1 unspecified atom stereocenters. The molecule has 1 atom stereocenters. The Kier molecular flexibility index (Phi) is 9.39. The normalized spacial score (nSPS) is 18.9. The lowest BCUT2D eigenvalue weighted by Gasteiger charge is -2.44. The first-order valence-corrected chi connectivity index (χ1v) is 13.0. The molecule has 1 N–H and O–H groups in total. The molecule has 9 heteroatoms. The highest BCUT2D eigenvalue weighted by Gasteiger charge is 2.51. The van der Waals surface area contributed by atoms with Crippen LogP contribution in [0.2, 0.25) is 0 Å². The van der Waals surface area contributed by atoms with Gasteiger partial charge in [0.05, 0.1) is 23.3 Å². The molecule has 4 rings (SSSR count). The number of carbonyl (C=O) groups excluding carboxylic acids is 2. The molecule has 180 valence electrons. The molecule has 2 saturated heterocycles. The number of hydrogen-bond donors (Lipinski definition) is 2. The minimum Gasteiger partial charge on any atom is -0.334 e. The quantitative estimate of drug-likeness (QED) is 0.600. The number of benzene rings is 2. The molecular weight excluding hydrogens is 471 g/mol. The average Bonchev–Trinajstić information content (AvgIpc) is 3.10. The number of piperidine rings is 1. The fourth-order valence-corrected chi connectivity index (χ4v) is 4.96. The van der Waals surface area contributed by atoms with Crippen LogP contribution in [0.15, 0.2) is 54.6 Å². The summed E-state index contributed by atoms with van der Waals surface area (Å²) >= 11 is 5.63. The number of amides is 2. The van der Waals surface area contributed by atoms with Crippen LogP contribution in [0.25, 0.3) is 0 Å². The van der Waals surface area contributed by atoms with Crippen molar-refractivity contribution < 1.29 is 14.0 Å². The maximum absolute atomic E-state index is 13.2. The number of carbonyl (C=O) groups is 2. The number of likely N-dealkylation sites (tertiary alicyclic amines) is 1. The first-order chi connectivity index (χ1) is 16.4. The molecule has 0 radical (unpaired) electrons. The fraction of sp³-hybridized carbons (Fsp3) is 0.400. The third-order valence-corrected chi connectivity index (χ3v) is 7.08. The minimum absolute atomic E-state index is 0.0917. The van der Waals surface area contributed by atoms with Crippen LogP contribution in [0.1, 0.15) is 30.4 Å². The number of nitriles is 1. The van der Waals surface area contributed by atoms with Gasteiger partial charge in [-0.25, -0.2) is 4.39 Å². The Morgan fingerprint density at radius 3 is 2.38 bits per heavy atom. The van der Waals surface area contributed by atoms with Crippen molar-refractivity contribution in [1.29, 1.82) is 5.26 Å². The van der Waals surface area contributed by atoms with Gasteiger partial charge < -0.3 is 9.80 Å². The lowest BCUT2D eigenvalue weighted by atomic mass is 9.95. The molecule has 1 spiro atoms. The molecule has 0 aliphatic carbocycles. The highest BCUT2D eigenvalue weighted by molar-refractivity contribution is 7.98. The Bertz CT molecular complexity index is 1010. The van der Waals surface area contributed by atoms with Crippen molar-refractivity contribution in [3.05, 3.63) is 71.5 Å². The van der Waals surface area contributed by atoms with E-state index in [1.165, 1.54) is 12.1 Å². The number of halogens is 1. The van der Waals surface area contributed by atoms with Gasteiger partial charge in [-0.3, -0.25) is 14.9 Å². The Morgan fingerprint density at radius 2 is 1.85 bits per heavy atom. The summed E-state index contributed by atoms with van der Waals surface area (Å²) in [5.41, 5.74) is 1.17. The molecule has 2 aromatic carbocycles. The maximum atomic E-state index is 13.2. The number of thiol groups is 1. The highest BCUT2D eigenvalue weighted by atomic mass is 32.2. The Morgan fingerprint density at radius 1 is 1.21 bits per heavy atom. The second-order valence-electron chi connectivity index (χ2n) is 8.31. The molecule has 2 amide bonds. The Hall–Kier alpha value is -2.54. The zero-order valence-electron chi connectivity index (χ0n) is 19.1. The second kappa shape index (κ2) is 12.2. The molecule has 2 aliphatic heterocycles. The third-order valence-electron chi connectivity index (χ3n) is 6.15. The van der Waals surface area contributed by atoms with Gasteiger partial charge in [0.15, 0.2) is 0 Å². The lowest BCUT2D eigenvalue weighted by Crippen LogP contribution is -2.58. The standard InChI is InChI=1S/C18H24FN3O2S2.C7H5N/c1-26-11-6-15-16(23)22(12-13-2-4-14(19)5-3-13)18(20-15)7-9-21(10-8-18)17(24)25;8-6-7-4-2-1-3-5-7/h2-5,15,20H,6-12H2,1H3,(H,24,25);1-5H. The number of nitrogens with one attached hydrogen (secondary N) is 1. The SMILES string of the molecule is CSCCC1NC2(CCN(C(=O)S)CC2)N(Cc2ccc(F)cc2)C1=O.N#Cc1ccccc1. The lowest BCUT2D eigenvalue weighted by molar-refractivity contribution is -0.134.